The predicted molar refractivity (Wildman–Crippen MR) is 116 cm³/mol. The van der Waals surface area contributed by atoms with Gasteiger partial charge in [0.2, 0.25) is 5.82 Å². The van der Waals surface area contributed by atoms with Crippen LogP contribution in [0.25, 0.3) is 11.4 Å². The molecule has 0 spiro atoms. The molecule has 0 bridgehead atoms. The van der Waals surface area contributed by atoms with E-state index in [2.05, 4.69) is 25.8 Å². The number of hydrogen-bond donors (Lipinski definition) is 1. The average Bonchev–Trinajstić information content (AvgIpc) is 3.50. The fourth-order valence-corrected chi connectivity index (χ4v) is 3.14. The molecule has 0 unspecified atom stereocenters. The topological polar surface area (TPSA) is 109 Å². The molecule has 2 aromatic heterocycles. The van der Waals surface area contributed by atoms with E-state index in [-0.39, 0.29) is 12.6 Å². The number of carbonyl (C=O) groups excluding carboxylic acids is 1. The Balaban J connectivity index is 1.31. The third kappa shape index (κ3) is 4.91. The Morgan fingerprint density at radius 1 is 1.00 bits per heavy atom. The molecule has 2 aromatic carbocycles. The molecule has 0 aliphatic rings. The number of nitrogens with one attached hydrogen (secondary N) is 1. The highest BCUT2D eigenvalue weighted by atomic mass is 16.5. The van der Waals surface area contributed by atoms with Crippen LogP contribution in [0.2, 0.25) is 0 Å². The van der Waals surface area contributed by atoms with Crippen molar-refractivity contribution in [1.82, 2.24) is 35.3 Å². The van der Waals surface area contributed by atoms with Gasteiger partial charge in [-0.1, -0.05) is 36.4 Å². The molecule has 164 valence electrons. The Bertz CT molecular complexity index is 1190. The van der Waals surface area contributed by atoms with E-state index in [4.69, 9.17) is 9.47 Å². The summed E-state index contributed by atoms with van der Waals surface area (Å²) in [7, 11) is 3.19. The number of benzene rings is 2. The normalized spacial score (nSPS) is 10.7. The van der Waals surface area contributed by atoms with E-state index < -0.39 is 0 Å². The summed E-state index contributed by atoms with van der Waals surface area (Å²) in [5, 5.41) is 19.6. The highest BCUT2D eigenvalue weighted by Crippen LogP contribution is 2.27. The number of ether oxygens (including phenoxy) is 2. The Labute approximate surface area is 184 Å². The van der Waals surface area contributed by atoms with Gasteiger partial charge in [-0.25, -0.2) is 4.68 Å². The van der Waals surface area contributed by atoms with Gasteiger partial charge in [0, 0.05) is 18.3 Å². The molecule has 2 heterocycles. The van der Waals surface area contributed by atoms with Crippen molar-refractivity contribution in [2.75, 3.05) is 20.8 Å². The van der Waals surface area contributed by atoms with Crippen molar-refractivity contribution in [2.45, 2.75) is 13.1 Å². The molecular formula is C22H23N7O3. The van der Waals surface area contributed by atoms with E-state index in [0.29, 0.717) is 36.0 Å². The van der Waals surface area contributed by atoms with Crippen molar-refractivity contribution in [3.63, 3.8) is 0 Å². The van der Waals surface area contributed by atoms with Gasteiger partial charge in [0.05, 0.1) is 14.2 Å². The van der Waals surface area contributed by atoms with Gasteiger partial charge in [-0.05, 0) is 35.4 Å². The lowest BCUT2D eigenvalue weighted by atomic mass is 10.1. The average molecular weight is 433 g/mol. The van der Waals surface area contributed by atoms with Gasteiger partial charge in [0.25, 0.3) is 5.91 Å². The molecule has 0 aliphatic heterocycles. The van der Waals surface area contributed by atoms with Crippen LogP contribution in [-0.4, -0.2) is 56.7 Å². The SMILES string of the molecule is COc1ccc(CCNC(=O)c2ccn(Cn3nnc(-c4ccccc4)n3)n2)cc1OC. The predicted octanol–water partition coefficient (Wildman–Crippen LogP) is 2.03. The number of tetrazole rings is 1. The van der Waals surface area contributed by atoms with Gasteiger partial charge >= 0.3 is 0 Å². The van der Waals surface area contributed by atoms with E-state index in [1.165, 1.54) is 4.80 Å². The Morgan fingerprint density at radius 2 is 1.81 bits per heavy atom. The van der Waals surface area contributed by atoms with Crippen molar-refractivity contribution in [1.29, 1.82) is 0 Å². The van der Waals surface area contributed by atoms with Crippen LogP contribution in [0.5, 0.6) is 11.5 Å². The lowest BCUT2D eigenvalue weighted by Crippen LogP contribution is -2.26. The monoisotopic (exact) mass is 433 g/mol. The first kappa shape index (κ1) is 21.0. The zero-order valence-electron chi connectivity index (χ0n) is 17.8. The summed E-state index contributed by atoms with van der Waals surface area (Å²) < 4.78 is 12.1. The van der Waals surface area contributed by atoms with Crippen LogP contribution >= 0.6 is 0 Å². The van der Waals surface area contributed by atoms with Gasteiger partial charge in [-0.15, -0.1) is 15.0 Å². The molecular weight excluding hydrogens is 410 g/mol. The molecule has 0 saturated heterocycles. The number of rotatable bonds is 9. The zero-order valence-corrected chi connectivity index (χ0v) is 17.8. The molecule has 0 atom stereocenters. The lowest BCUT2D eigenvalue weighted by molar-refractivity contribution is 0.0948. The van der Waals surface area contributed by atoms with Gasteiger partial charge < -0.3 is 14.8 Å². The van der Waals surface area contributed by atoms with E-state index in [1.54, 1.807) is 31.2 Å². The fraction of sp³-hybridized carbons (Fsp3) is 0.227. The van der Waals surface area contributed by atoms with Crippen LogP contribution in [0.1, 0.15) is 16.1 Å². The van der Waals surface area contributed by atoms with Crippen LogP contribution in [0.3, 0.4) is 0 Å². The minimum absolute atomic E-state index is 0.249. The second-order valence-electron chi connectivity index (χ2n) is 6.93. The maximum Gasteiger partial charge on any atom is 0.271 e. The van der Waals surface area contributed by atoms with Crippen molar-refractivity contribution in [2.24, 2.45) is 0 Å². The highest BCUT2D eigenvalue weighted by Gasteiger charge is 2.11. The second-order valence-corrected chi connectivity index (χ2v) is 6.93. The number of hydrogen-bond acceptors (Lipinski definition) is 7. The molecule has 4 aromatic rings. The summed E-state index contributed by atoms with van der Waals surface area (Å²) in [6, 6.07) is 16.9. The summed E-state index contributed by atoms with van der Waals surface area (Å²) in [6.45, 7) is 0.713. The molecule has 32 heavy (non-hydrogen) atoms. The van der Waals surface area contributed by atoms with Gasteiger partial charge in [-0.2, -0.15) is 5.10 Å². The smallest absolute Gasteiger partial charge is 0.271 e. The minimum atomic E-state index is -0.249. The first-order chi connectivity index (χ1) is 15.7. The van der Waals surface area contributed by atoms with Crippen LogP contribution in [0, 0.1) is 0 Å². The summed E-state index contributed by atoms with van der Waals surface area (Å²) in [5.74, 6) is 1.61. The van der Waals surface area contributed by atoms with Gasteiger partial charge in [0.1, 0.15) is 5.69 Å². The Morgan fingerprint density at radius 3 is 2.59 bits per heavy atom. The van der Waals surface area contributed by atoms with Crippen LogP contribution in [0.15, 0.2) is 60.8 Å². The molecule has 0 radical (unpaired) electrons. The summed E-state index contributed by atoms with van der Waals surface area (Å²) in [6.07, 6.45) is 2.35. The number of methoxy groups -OCH3 is 2. The molecule has 1 amide bonds. The van der Waals surface area contributed by atoms with Crippen molar-refractivity contribution in [3.8, 4) is 22.9 Å². The second kappa shape index (κ2) is 9.73. The molecule has 1 N–H and O–H groups in total. The Kier molecular flexibility index (Phi) is 6.40. The van der Waals surface area contributed by atoms with Crippen molar-refractivity contribution in [3.05, 3.63) is 72.1 Å². The standard InChI is InChI=1S/C22H23N7O3/c1-31-19-9-8-16(14-20(19)32-2)10-12-23-22(30)18-11-13-28(25-18)15-29-26-21(24-27-29)17-6-4-3-5-7-17/h3-9,11,13-14H,10,12,15H2,1-2H3,(H,23,30). The molecule has 0 aliphatic carbocycles. The molecule has 10 heteroatoms. The zero-order chi connectivity index (χ0) is 22.3. The number of aromatic nitrogens is 6. The summed E-state index contributed by atoms with van der Waals surface area (Å²) in [5.41, 5.74) is 2.23. The summed E-state index contributed by atoms with van der Waals surface area (Å²) >= 11 is 0. The maximum atomic E-state index is 12.4. The van der Waals surface area contributed by atoms with Gasteiger partial charge in [0.15, 0.2) is 18.2 Å². The molecule has 0 fully saturated rings. The van der Waals surface area contributed by atoms with Crippen molar-refractivity contribution < 1.29 is 14.3 Å². The van der Waals surface area contributed by atoms with Crippen LogP contribution in [-0.2, 0) is 13.1 Å². The maximum absolute atomic E-state index is 12.4. The Hall–Kier alpha value is -4.21. The van der Waals surface area contributed by atoms with Crippen molar-refractivity contribution >= 4 is 5.91 Å². The third-order valence-electron chi connectivity index (χ3n) is 4.78. The molecule has 10 nitrogen and oxygen atoms in total. The third-order valence-corrected chi connectivity index (χ3v) is 4.78. The van der Waals surface area contributed by atoms with Crippen LogP contribution in [0.4, 0.5) is 0 Å². The first-order valence-corrected chi connectivity index (χ1v) is 10.0. The number of nitrogens with zero attached hydrogens (tertiary/aromatic N) is 6. The number of carbonyl (C=O) groups is 1. The quantitative estimate of drug-likeness (QED) is 0.430. The summed E-state index contributed by atoms with van der Waals surface area (Å²) in [4.78, 5) is 13.9. The number of amides is 1. The minimum Gasteiger partial charge on any atom is -0.493 e. The lowest BCUT2D eigenvalue weighted by Gasteiger charge is -2.09. The van der Waals surface area contributed by atoms with E-state index in [0.717, 1.165) is 11.1 Å². The molecule has 0 saturated carbocycles. The van der Waals surface area contributed by atoms with E-state index >= 15 is 0 Å². The van der Waals surface area contributed by atoms with E-state index in [1.807, 2.05) is 48.5 Å². The molecule has 4 rings (SSSR count). The highest BCUT2D eigenvalue weighted by molar-refractivity contribution is 5.92. The van der Waals surface area contributed by atoms with Crippen LogP contribution < -0.4 is 14.8 Å². The first-order valence-electron chi connectivity index (χ1n) is 10.0. The largest absolute Gasteiger partial charge is 0.493 e. The fourth-order valence-electron chi connectivity index (χ4n) is 3.14. The van der Waals surface area contributed by atoms with E-state index in [9.17, 15) is 4.79 Å². The van der Waals surface area contributed by atoms with Gasteiger partial charge in [-0.3, -0.25) is 4.79 Å².